The van der Waals surface area contributed by atoms with Crippen LogP contribution in [0.5, 0.6) is 0 Å². The second-order valence-corrected chi connectivity index (χ2v) is 8.16. The molecule has 1 N–H and O–H groups in total. The molecule has 0 unspecified atom stereocenters. The quantitative estimate of drug-likeness (QED) is 0.816. The summed E-state index contributed by atoms with van der Waals surface area (Å²) in [5.74, 6) is -0.576. The van der Waals surface area contributed by atoms with Crippen LogP contribution in [0, 0.1) is 12.7 Å². The number of nitrogens with one attached hydrogen (secondary N) is 1. The Morgan fingerprint density at radius 3 is 2.24 bits per heavy atom. The van der Waals surface area contributed by atoms with Crippen LogP contribution in [0.4, 0.5) is 4.39 Å². The predicted octanol–water partition coefficient (Wildman–Crippen LogP) is 4.71. The number of nitrogens with zero attached hydrogens (tertiary/aromatic N) is 1. The highest BCUT2D eigenvalue weighted by atomic mass is 19.1. The number of carbonyl (C=O) groups is 2. The van der Waals surface area contributed by atoms with E-state index in [0.29, 0.717) is 22.3 Å². The molecule has 29 heavy (non-hydrogen) atoms. The normalized spacial score (nSPS) is 17.0. The maximum absolute atomic E-state index is 14.5. The van der Waals surface area contributed by atoms with Crippen molar-refractivity contribution in [2.75, 3.05) is 13.1 Å². The van der Waals surface area contributed by atoms with Crippen molar-refractivity contribution in [3.05, 3.63) is 58.9 Å². The fourth-order valence-electron chi connectivity index (χ4n) is 3.85. The van der Waals surface area contributed by atoms with Crippen molar-refractivity contribution in [1.29, 1.82) is 0 Å². The molecule has 1 saturated carbocycles. The molecule has 0 aromatic heterocycles. The summed E-state index contributed by atoms with van der Waals surface area (Å²) in [6, 6.07) is 10.5. The monoisotopic (exact) mass is 394 g/mol. The van der Waals surface area contributed by atoms with Gasteiger partial charge < -0.3 is 10.2 Å². The van der Waals surface area contributed by atoms with Gasteiger partial charge in [-0.2, -0.15) is 0 Å². The average Bonchev–Trinajstić information content (AvgIpc) is 3.56. The second kappa shape index (κ2) is 8.36. The van der Waals surface area contributed by atoms with Crippen LogP contribution < -0.4 is 5.32 Å². The first-order valence-electron chi connectivity index (χ1n) is 10.5. The van der Waals surface area contributed by atoms with Gasteiger partial charge in [-0.05, 0) is 73.6 Å². The zero-order chi connectivity index (χ0) is 20.4. The maximum atomic E-state index is 14.5. The zero-order valence-corrected chi connectivity index (χ0v) is 16.8. The molecule has 2 fully saturated rings. The molecule has 1 aliphatic heterocycles. The minimum Gasteiger partial charge on any atom is -0.349 e. The van der Waals surface area contributed by atoms with E-state index in [4.69, 9.17) is 0 Å². The maximum Gasteiger partial charge on any atom is 0.253 e. The Hall–Kier alpha value is -2.69. The van der Waals surface area contributed by atoms with Gasteiger partial charge in [-0.1, -0.05) is 25.0 Å². The summed E-state index contributed by atoms with van der Waals surface area (Å²) in [6.45, 7) is 3.33. The minimum atomic E-state index is -0.395. The molecule has 1 heterocycles. The van der Waals surface area contributed by atoms with Gasteiger partial charge >= 0.3 is 0 Å². The molecule has 4 nitrogen and oxygen atoms in total. The third kappa shape index (κ3) is 4.50. The molecule has 1 aliphatic carbocycles. The van der Waals surface area contributed by atoms with Gasteiger partial charge in [0.05, 0.1) is 0 Å². The number of hydrogen-bond acceptors (Lipinski definition) is 2. The highest BCUT2D eigenvalue weighted by Crippen LogP contribution is 2.28. The molecular formula is C24H27FN2O2. The molecule has 2 amide bonds. The molecule has 1 saturated heterocycles. The van der Waals surface area contributed by atoms with Gasteiger partial charge in [0.15, 0.2) is 0 Å². The number of halogens is 1. The molecule has 0 spiro atoms. The van der Waals surface area contributed by atoms with Crippen molar-refractivity contribution in [1.82, 2.24) is 10.2 Å². The molecule has 0 bridgehead atoms. The van der Waals surface area contributed by atoms with E-state index >= 15 is 0 Å². The van der Waals surface area contributed by atoms with Gasteiger partial charge in [0.25, 0.3) is 11.8 Å². The third-order valence-corrected chi connectivity index (χ3v) is 5.86. The Morgan fingerprint density at radius 1 is 0.966 bits per heavy atom. The fraction of sp³-hybridized carbons (Fsp3) is 0.417. The van der Waals surface area contributed by atoms with E-state index in [-0.39, 0.29) is 17.9 Å². The highest BCUT2D eigenvalue weighted by Gasteiger charge is 2.25. The lowest BCUT2D eigenvalue weighted by Crippen LogP contribution is -2.31. The van der Waals surface area contributed by atoms with Crippen molar-refractivity contribution in [2.24, 2.45) is 0 Å². The smallest absolute Gasteiger partial charge is 0.253 e. The van der Waals surface area contributed by atoms with Crippen molar-refractivity contribution >= 4 is 11.8 Å². The number of rotatable bonds is 4. The first-order valence-corrected chi connectivity index (χ1v) is 10.5. The van der Waals surface area contributed by atoms with E-state index in [9.17, 15) is 14.0 Å². The largest absolute Gasteiger partial charge is 0.349 e. The minimum absolute atomic E-state index is 0.0546. The lowest BCUT2D eigenvalue weighted by atomic mass is 9.96. The Morgan fingerprint density at radius 2 is 1.62 bits per heavy atom. The van der Waals surface area contributed by atoms with Gasteiger partial charge in [0, 0.05) is 30.3 Å². The molecule has 4 rings (SSSR count). The lowest BCUT2D eigenvalue weighted by Gasteiger charge is -2.20. The van der Waals surface area contributed by atoms with Crippen LogP contribution in [0.1, 0.15) is 64.8 Å². The Balaban J connectivity index is 1.57. The number of hydrogen-bond donors (Lipinski definition) is 1. The average molecular weight is 394 g/mol. The standard InChI is InChI=1S/C24H27FN2O2/c1-16-21(14-19(15-22(16)25)23(28)26-20-10-11-20)17-6-8-18(9-7-17)24(29)27-12-4-2-3-5-13-27/h6-9,14-15,20H,2-5,10-13H2,1H3,(H,26,28). The summed E-state index contributed by atoms with van der Waals surface area (Å²) in [7, 11) is 0. The van der Waals surface area contributed by atoms with Crippen molar-refractivity contribution in [3.8, 4) is 11.1 Å². The van der Waals surface area contributed by atoms with E-state index in [1.807, 2.05) is 17.0 Å². The first kappa shape index (κ1) is 19.6. The van der Waals surface area contributed by atoms with Crippen LogP contribution >= 0.6 is 0 Å². The summed E-state index contributed by atoms with van der Waals surface area (Å²) in [5, 5.41) is 2.91. The summed E-state index contributed by atoms with van der Waals surface area (Å²) in [6.07, 6.45) is 6.44. The van der Waals surface area contributed by atoms with E-state index in [1.165, 1.54) is 18.9 Å². The number of carbonyl (C=O) groups excluding carboxylic acids is 2. The molecule has 5 heteroatoms. The number of likely N-dealkylation sites (tertiary alicyclic amines) is 1. The van der Waals surface area contributed by atoms with Crippen LogP contribution in [0.25, 0.3) is 11.1 Å². The van der Waals surface area contributed by atoms with Crippen LogP contribution in [0.3, 0.4) is 0 Å². The number of amides is 2. The Bertz CT molecular complexity index is 911. The molecule has 0 radical (unpaired) electrons. The van der Waals surface area contributed by atoms with Gasteiger partial charge in [-0.25, -0.2) is 4.39 Å². The Kier molecular flexibility index (Phi) is 5.65. The SMILES string of the molecule is Cc1c(F)cc(C(=O)NC2CC2)cc1-c1ccc(C(=O)N2CCCCCC2)cc1. The summed E-state index contributed by atoms with van der Waals surface area (Å²) >= 11 is 0. The molecule has 2 aromatic carbocycles. The van der Waals surface area contributed by atoms with Crippen LogP contribution in [0.2, 0.25) is 0 Å². The Labute approximate surface area is 171 Å². The summed E-state index contributed by atoms with van der Waals surface area (Å²) in [5.41, 5.74) is 2.96. The van der Waals surface area contributed by atoms with Gasteiger partial charge in [-0.3, -0.25) is 9.59 Å². The van der Waals surface area contributed by atoms with E-state index in [1.54, 1.807) is 25.1 Å². The zero-order valence-electron chi connectivity index (χ0n) is 16.8. The van der Waals surface area contributed by atoms with E-state index in [0.717, 1.165) is 44.3 Å². The van der Waals surface area contributed by atoms with Crippen LogP contribution in [-0.4, -0.2) is 35.8 Å². The van der Waals surface area contributed by atoms with E-state index in [2.05, 4.69) is 5.32 Å². The second-order valence-electron chi connectivity index (χ2n) is 8.16. The third-order valence-electron chi connectivity index (χ3n) is 5.86. The van der Waals surface area contributed by atoms with Gasteiger partial charge in [-0.15, -0.1) is 0 Å². The van der Waals surface area contributed by atoms with Crippen LogP contribution in [-0.2, 0) is 0 Å². The lowest BCUT2D eigenvalue weighted by molar-refractivity contribution is 0.0761. The first-order chi connectivity index (χ1) is 14.0. The topological polar surface area (TPSA) is 49.4 Å². The molecule has 2 aromatic rings. The van der Waals surface area contributed by atoms with E-state index < -0.39 is 5.82 Å². The molecular weight excluding hydrogens is 367 g/mol. The van der Waals surface area contributed by atoms with Gasteiger partial charge in [0.1, 0.15) is 5.82 Å². The number of benzene rings is 2. The molecule has 2 aliphatic rings. The summed E-state index contributed by atoms with van der Waals surface area (Å²) in [4.78, 5) is 27.1. The van der Waals surface area contributed by atoms with Crippen molar-refractivity contribution < 1.29 is 14.0 Å². The van der Waals surface area contributed by atoms with Crippen LogP contribution in [0.15, 0.2) is 36.4 Å². The molecule has 0 atom stereocenters. The van der Waals surface area contributed by atoms with Crippen molar-refractivity contribution in [3.63, 3.8) is 0 Å². The van der Waals surface area contributed by atoms with Crippen molar-refractivity contribution in [2.45, 2.75) is 51.5 Å². The predicted molar refractivity (Wildman–Crippen MR) is 111 cm³/mol. The van der Waals surface area contributed by atoms with Gasteiger partial charge in [0.2, 0.25) is 0 Å². The molecule has 152 valence electrons. The highest BCUT2D eigenvalue weighted by molar-refractivity contribution is 5.97. The summed E-state index contributed by atoms with van der Waals surface area (Å²) < 4.78 is 14.5. The fourth-order valence-corrected chi connectivity index (χ4v) is 3.85.